The number of aryl methyl sites for hydroxylation is 3. The van der Waals surface area contributed by atoms with Gasteiger partial charge in [-0.15, -0.1) is 0 Å². The smallest absolute Gasteiger partial charge is 0.313 e. The molecule has 36 heavy (non-hydrogen) atoms. The van der Waals surface area contributed by atoms with Gasteiger partial charge in [0.1, 0.15) is 17.4 Å². The van der Waals surface area contributed by atoms with Gasteiger partial charge in [0.15, 0.2) is 0 Å². The van der Waals surface area contributed by atoms with E-state index in [4.69, 9.17) is 20.4 Å². The Labute approximate surface area is 207 Å². The highest BCUT2D eigenvalue weighted by atomic mass is 16.4. The molecule has 1 atom stereocenters. The van der Waals surface area contributed by atoms with Crippen LogP contribution in [0.4, 0.5) is 0 Å². The molecule has 2 heterocycles. The zero-order valence-electron chi connectivity index (χ0n) is 20.6. The van der Waals surface area contributed by atoms with E-state index in [9.17, 15) is 29.4 Å². The maximum absolute atomic E-state index is 11.0. The molecule has 2 rings (SSSR count). The van der Waals surface area contributed by atoms with Gasteiger partial charge < -0.3 is 30.6 Å². The van der Waals surface area contributed by atoms with Crippen molar-refractivity contribution in [1.82, 2.24) is 9.97 Å². The van der Waals surface area contributed by atoms with Crippen LogP contribution in [0.2, 0.25) is 0 Å². The monoisotopic (exact) mass is 508 g/mol. The number of aliphatic carboxylic acids is 4. The first-order valence-electron chi connectivity index (χ1n) is 11.0. The fourth-order valence-electron chi connectivity index (χ4n) is 2.81. The molecule has 0 radical (unpaired) electrons. The Morgan fingerprint density at radius 1 is 0.861 bits per heavy atom. The molecular formula is C24H32N2O10. The van der Waals surface area contributed by atoms with Gasteiger partial charge in [0, 0.05) is 11.9 Å². The molecule has 0 aliphatic heterocycles. The van der Waals surface area contributed by atoms with Gasteiger partial charge in [0.25, 0.3) is 0 Å². The first kappa shape index (κ1) is 31.8. The number of carboxylic acid groups (broad SMARTS) is 4. The molecule has 0 bridgehead atoms. The normalized spacial score (nSPS) is 10.7. The van der Waals surface area contributed by atoms with Gasteiger partial charge in [-0.2, -0.15) is 0 Å². The molecule has 0 amide bonds. The van der Waals surface area contributed by atoms with E-state index in [-0.39, 0.29) is 24.3 Å². The van der Waals surface area contributed by atoms with Crippen molar-refractivity contribution in [1.29, 1.82) is 0 Å². The second-order valence-corrected chi connectivity index (χ2v) is 7.54. The van der Waals surface area contributed by atoms with Crippen molar-refractivity contribution in [3.63, 3.8) is 0 Å². The molecular weight excluding hydrogens is 476 g/mol. The zero-order valence-corrected chi connectivity index (χ0v) is 20.6. The molecule has 0 saturated carbocycles. The minimum Gasteiger partial charge on any atom is -0.506 e. The summed E-state index contributed by atoms with van der Waals surface area (Å²) < 4.78 is 0. The van der Waals surface area contributed by atoms with Crippen LogP contribution in [0.5, 0.6) is 11.5 Å². The number of carbonyl (C=O) groups is 4. The van der Waals surface area contributed by atoms with Crippen molar-refractivity contribution in [2.24, 2.45) is 0 Å². The lowest BCUT2D eigenvalue weighted by molar-refractivity contribution is -0.145. The van der Waals surface area contributed by atoms with Crippen LogP contribution >= 0.6 is 0 Å². The number of pyridine rings is 2. The molecule has 0 aromatic carbocycles. The summed E-state index contributed by atoms with van der Waals surface area (Å²) in [5.41, 5.74) is 2.98. The van der Waals surface area contributed by atoms with Gasteiger partial charge in [-0.3, -0.25) is 29.1 Å². The van der Waals surface area contributed by atoms with Gasteiger partial charge in [-0.25, -0.2) is 0 Å². The van der Waals surface area contributed by atoms with Gasteiger partial charge >= 0.3 is 23.9 Å². The van der Waals surface area contributed by atoms with Crippen molar-refractivity contribution in [2.75, 3.05) is 0 Å². The van der Waals surface area contributed by atoms with E-state index < -0.39 is 36.2 Å². The summed E-state index contributed by atoms with van der Waals surface area (Å²) in [7, 11) is 0. The Bertz CT molecular complexity index is 1060. The van der Waals surface area contributed by atoms with E-state index in [1.165, 1.54) is 6.20 Å². The van der Waals surface area contributed by atoms with Crippen molar-refractivity contribution in [2.45, 2.75) is 65.7 Å². The first-order chi connectivity index (χ1) is 16.7. The van der Waals surface area contributed by atoms with Crippen LogP contribution in [-0.2, 0) is 32.0 Å². The van der Waals surface area contributed by atoms with Crippen molar-refractivity contribution >= 4 is 23.9 Å². The standard InChI is InChI=1S/C12H15NO5.C8H11NO.C4H6O4/c1-3-7-5-13-10(11(16)6(7)2)8(12(17)18)4-9(14)15;1-3-7-8(10)5-4-6(2)9-7;5-3(6)1-2-4(7)8/h5,8,16H,3-4H2,1-2H3,(H,14,15)(H,17,18);4-5,10H,3H2,1-2H3;1-2H2,(H,5,6)(H,7,8). The molecule has 0 aliphatic carbocycles. The maximum atomic E-state index is 11.0. The summed E-state index contributed by atoms with van der Waals surface area (Å²) in [6.07, 6.45) is 1.71. The zero-order chi connectivity index (χ0) is 28.0. The van der Waals surface area contributed by atoms with Crippen LogP contribution in [0.15, 0.2) is 18.3 Å². The predicted molar refractivity (Wildman–Crippen MR) is 127 cm³/mol. The Balaban J connectivity index is 0.000000572. The summed E-state index contributed by atoms with van der Waals surface area (Å²) >= 11 is 0. The fourth-order valence-corrected chi connectivity index (χ4v) is 2.81. The number of hydrogen-bond donors (Lipinski definition) is 6. The van der Waals surface area contributed by atoms with Gasteiger partial charge in [0.05, 0.1) is 30.7 Å². The van der Waals surface area contributed by atoms with Crippen LogP contribution < -0.4 is 0 Å². The van der Waals surface area contributed by atoms with E-state index in [0.717, 1.165) is 23.4 Å². The average Bonchev–Trinajstić information content (AvgIpc) is 2.80. The van der Waals surface area contributed by atoms with Gasteiger partial charge in [0.2, 0.25) is 0 Å². The van der Waals surface area contributed by atoms with Crippen molar-refractivity contribution in [3.8, 4) is 11.5 Å². The van der Waals surface area contributed by atoms with Crippen LogP contribution in [0.25, 0.3) is 0 Å². The van der Waals surface area contributed by atoms with Crippen LogP contribution in [-0.4, -0.2) is 64.5 Å². The van der Waals surface area contributed by atoms with E-state index >= 15 is 0 Å². The number of aromatic nitrogens is 2. The second kappa shape index (κ2) is 15.6. The number of rotatable bonds is 9. The molecule has 12 nitrogen and oxygen atoms in total. The van der Waals surface area contributed by atoms with E-state index in [2.05, 4.69) is 9.97 Å². The van der Waals surface area contributed by atoms with Crippen molar-refractivity contribution < 1.29 is 49.8 Å². The third-order valence-electron chi connectivity index (χ3n) is 4.80. The number of carboxylic acids is 4. The molecule has 2 aromatic heterocycles. The van der Waals surface area contributed by atoms with Crippen LogP contribution in [0.3, 0.4) is 0 Å². The van der Waals surface area contributed by atoms with E-state index in [1.54, 1.807) is 19.1 Å². The molecule has 2 aromatic rings. The van der Waals surface area contributed by atoms with Crippen LogP contribution in [0, 0.1) is 13.8 Å². The van der Waals surface area contributed by atoms with Crippen LogP contribution in [0.1, 0.15) is 67.2 Å². The van der Waals surface area contributed by atoms with Crippen molar-refractivity contribution in [3.05, 3.63) is 46.5 Å². The minimum atomic E-state index is -1.34. The Hall–Kier alpha value is -4.22. The Morgan fingerprint density at radius 2 is 1.42 bits per heavy atom. The first-order valence-corrected chi connectivity index (χ1v) is 11.0. The molecule has 12 heteroatoms. The number of aromatic hydroxyl groups is 2. The summed E-state index contributed by atoms with van der Waals surface area (Å²) in [6, 6.07) is 3.48. The molecule has 0 aliphatic rings. The lowest BCUT2D eigenvalue weighted by Crippen LogP contribution is -2.17. The molecule has 198 valence electrons. The predicted octanol–water partition coefficient (Wildman–Crippen LogP) is 2.89. The number of nitrogens with zero attached hydrogens (tertiary/aromatic N) is 2. The third kappa shape index (κ3) is 11.3. The molecule has 0 fully saturated rings. The summed E-state index contributed by atoms with van der Waals surface area (Å²) in [6.45, 7) is 7.42. The average molecular weight is 509 g/mol. The highest BCUT2D eigenvalue weighted by Crippen LogP contribution is 2.31. The SMILES string of the molecule is CCc1cnc(C(CC(=O)O)C(=O)O)c(O)c1C.CCc1nc(C)ccc1O.O=C(O)CCC(=O)O. The molecule has 6 N–H and O–H groups in total. The van der Waals surface area contributed by atoms with Gasteiger partial charge in [-0.05, 0) is 49.9 Å². The summed E-state index contributed by atoms with van der Waals surface area (Å²) in [5.74, 6) is -5.99. The molecule has 0 saturated heterocycles. The highest BCUT2D eigenvalue weighted by Gasteiger charge is 2.28. The maximum Gasteiger partial charge on any atom is 0.313 e. The lowest BCUT2D eigenvalue weighted by Gasteiger charge is -2.14. The Morgan fingerprint density at radius 3 is 1.81 bits per heavy atom. The molecule has 1 unspecified atom stereocenters. The van der Waals surface area contributed by atoms with E-state index in [1.807, 2.05) is 20.8 Å². The minimum absolute atomic E-state index is 0.0976. The highest BCUT2D eigenvalue weighted by molar-refractivity contribution is 5.82. The largest absolute Gasteiger partial charge is 0.506 e. The Kier molecular flexibility index (Phi) is 13.8. The van der Waals surface area contributed by atoms with Gasteiger partial charge in [-0.1, -0.05) is 13.8 Å². The fraction of sp³-hybridized carbons (Fsp3) is 0.417. The molecule has 0 spiro atoms. The summed E-state index contributed by atoms with van der Waals surface area (Å²) in [5, 5.41) is 52.6. The third-order valence-corrected chi connectivity index (χ3v) is 4.80. The number of hydrogen-bond acceptors (Lipinski definition) is 8. The lowest BCUT2D eigenvalue weighted by atomic mass is 9.96. The topological polar surface area (TPSA) is 215 Å². The summed E-state index contributed by atoms with van der Waals surface area (Å²) in [4.78, 5) is 49.0. The quantitative estimate of drug-likeness (QED) is 0.288. The second-order valence-electron chi connectivity index (χ2n) is 7.54. The van der Waals surface area contributed by atoms with E-state index in [0.29, 0.717) is 17.7 Å².